The van der Waals surface area contributed by atoms with Crippen LogP contribution >= 0.6 is 23.1 Å². The maximum atomic E-state index is 5.15. The fraction of sp³-hybridized carbons (Fsp3) is 0.357. The minimum absolute atomic E-state index is 0.732. The molecule has 0 aliphatic carbocycles. The molecule has 0 fully saturated rings. The smallest absolute Gasteiger partial charge is 0.118 e. The first-order valence-corrected chi connectivity index (χ1v) is 7.81. The number of benzene rings is 1. The minimum atomic E-state index is 0.732. The van der Waals surface area contributed by atoms with E-state index in [4.69, 9.17) is 9.47 Å². The quantitative estimate of drug-likeness (QED) is 0.730. The number of hydrogen-bond acceptors (Lipinski definition) is 5. The molecule has 0 saturated heterocycles. The summed E-state index contributed by atoms with van der Waals surface area (Å²) in [5, 5.41) is 1.14. The van der Waals surface area contributed by atoms with Crippen LogP contribution in [0.4, 0.5) is 0 Å². The van der Waals surface area contributed by atoms with Gasteiger partial charge in [-0.3, -0.25) is 0 Å². The average Bonchev–Trinajstić information content (AvgIpc) is 2.91. The lowest BCUT2D eigenvalue weighted by Crippen LogP contribution is -1.92. The number of methoxy groups -OCH3 is 2. The minimum Gasteiger partial charge on any atom is -0.497 e. The normalized spacial score (nSPS) is 10.6. The summed E-state index contributed by atoms with van der Waals surface area (Å²) in [6.45, 7) is 0.732. The fourth-order valence-electron chi connectivity index (χ4n) is 1.54. The van der Waals surface area contributed by atoms with Gasteiger partial charge < -0.3 is 9.47 Å². The number of aromatic nitrogens is 1. The van der Waals surface area contributed by atoms with Crippen molar-refractivity contribution in [2.45, 2.75) is 16.4 Å². The van der Waals surface area contributed by atoms with Crippen molar-refractivity contribution in [1.82, 2.24) is 4.98 Å². The molecular formula is C14H17NO2S2. The Hall–Kier alpha value is -1.04. The molecule has 0 aliphatic heterocycles. The van der Waals surface area contributed by atoms with E-state index in [1.165, 1.54) is 9.77 Å². The Bertz CT molecular complexity index is 496. The highest BCUT2D eigenvalue weighted by Gasteiger charge is 2.03. The summed E-state index contributed by atoms with van der Waals surface area (Å²) in [7, 11) is 3.40. The van der Waals surface area contributed by atoms with Gasteiger partial charge in [0.25, 0.3) is 0 Å². The third-order valence-corrected chi connectivity index (χ3v) is 4.92. The highest BCUT2D eigenvalue weighted by molar-refractivity contribution is 8.00. The molecule has 0 atom stereocenters. The lowest BCUT2D eigenvalue weighted by Gasteiger charge is -2.02. The van der Waals surface area contributed by atoms with E-state index in [0.717, 1.165) is 29.5 Å². The zero-order valence-corrected chi connectivity index (χ0v) is 12.7. The summed E-state index contributed by atoms with van der Waals surface area (Å²) < 4.78 is 11.5. The van der Waals surface area contributed by atoms with Crippen molar-refractivity contribution in [3.63, 3.8) is 0 Å². The number of thioether (sulfide) groups is 1. The molecule has 0 unspecified atom stereocenters. The number of ether oxygens (including phenoxy) is 2. The van der Waals surface area contributed by atoms with Crippen LogP contribution in [0.15, 0.2) is 34.7 Å². The first-order chi connectivity index (χ1) is 9.31. The summed E-state index contributed by atoms with van der Waals surface area (Å²) in [6.07, 6.45) is 2.84. The molecule has 19 heavy (non-hydrogen) atoms. The second-order valence-electron chi connectivity index (χ2n) is 3.95. The summed E-state index contributed by atoms with van der Waals surface area (Å²) in [5.41, 5.74) is 1.29. The van der Waals surface area contributed by atoms with E-state index < -0.39 is 0 Å². The van der Waals surface area contributed by atoms with Crippen molar-refractivity contribution in [1.29, 1.82) is 0 Å². The zero-order valence-electron chi connectivity index (χ0n) is 11.1. The van der Waals surface area contributed by atoms with Crippen LogP contribution in [0, 0.1) is 0 Å². The Labute approximate surface area is 122 Å². The van der Waals surface area contributed by atoms with Gasteiger partial charge in [-0.15, -0.1) is 23.1 Å². The Kier molecular flexibility index (Phi) is 5.69. The molecule has 0 spiro atoms. The Morgan fingerprint density at radius 1 is 1.21 bits per heavy atom. The van der Waals surface area contributed by atoms with Crippen molar-refractivity contribution in [3.05, 3.63) is 41.0 Å². The van der Waals surface area contributed by atoms with Crippen LogP contribution in [0.1, 0.15) is 10.6 Å². The second kappa shape index (κ2) is 7.53. The molecule has 102 valence electrons. The van der Waals surface area contributed by atoms with Gasteiger partial charge in [-0.1, -0.05) is 12.1 Å². The maximum absolute atomic E-state index is 5.15. The van der Waals surface area contributed by atoms with Crippen LogP contribution in [-0.4, -0.2) is 25.8 Å². The molecule has 1 aromatic heterocycles. The highest BCUT2D eigenvalue weighted by atomic mass is 32.2. The van der Waals surface area contributed by atoms with Crippen molar-refractivity contribution in [3.8, 4) is 5.75 Å². The van der Waals surface area contributed by atoms with Crippen LogP contribution in [0.2, 0.25) is 0 Å². The molecule has 2 rings (SSSR count). The number of rotatable bonds is 7. The van der Waals surface area contributed by atoms with Crippen LogP contribution in [0.3, 0.4) is 0 Å². The zero-order chi connectivity index (χ0) is 13.5. The molecule has 0 aliphatic rings. The predicted octanol–water partition coefficient (Wildman–Crippen LogP) is 3.63. The lowest BCUT2D eigenvalue weighted by molar-refractivity contribution is 0.202. The second-order valence-corrected chi connectivity index (χ2v) is 6.34. The monoisotopic (exact) mass is 295 g/mol. The number of nitrogens with zero attached hydrogens (tertiary/aromatic N) is 1. The van der Waals surface area contributed by atoms with Crippen molar-refractivity contribution < 1.29 is 9.47 Å². The molecule has 0 amide bonds. The van der Waals surface area contributed by atoms with Gasteiger partial charge in [-0.2, -0.15) is 0 Å². The topological polar surface area (TPSA) is 31.4 Å². The fourth-order valence-corrected chi connectivity index (χ4v) is 3.50. The molecule has 0 bridgehead atoms. The average molecular weight is 295 g/mol. The van der Waals surface area contributed by atoms with E-state index >= 15 is 0 Å². The van der Waals surface area contributed by atoms with Crippen LogP contribution in [0.25, 0.3) is 0 Å². The lowest BCUT2D eigenvalue weighted by atomic mass is 10.2. The Morgan fingerprint density at radius 3 is 2.68 bits per heavy atom. The van der Waals surface area contributed by atoms with Crippen LogP contribution in [0.5, 0.6) is 5.75 Å². The SMILES string of the molecule is COCCc1ncc(SCc2ccc(OC)cc2)s1. The van der Waals surface area contributed by atoms with E-state index in [0.29, 0.717) is 0 Å². The van der Waals surface area contributed by atoms with Gasteiger partial charge in [0, 0.05) is 19.3 Å². The Balaban J connectivity index is 1.85. The van der Waals surface area contributed by atoms with Gasteiger partial charge in [0.2, 0.25) is 0 Å². The largest absolute Gasteiger partial charge is 0.497 e. The first-order valence-electron chi connectivity index (χ1n) is 6.01. The third-order valence-electron chi connectivity index (χ3n) is 2.59. The molecule has 0 saturated carbocycles. The van der Waals surface area contributed by atoms with Gasteiger partial charge in [-0.05, 0) is 17.7 Å². The van der Waals surface area contributed by atoms with E-state index in [2.05, 4.69) is 17.1 Å². The van der Waals surface area contributed by atoms with Crippen molar-refractivity contribution in [2.75, 3.05) is 20.8 Å². The molecule has 0 radical (unpaired) electrons. The molecular weight excluding hydrogens is 278 g/mol. The van der Waals surface area contributed by atoms with E-state index in [1.807, 2.05) is 30.1 Å². The summed E-state index contributed by atoms with van der Waals surface area (Å²) in [4.78, 5) is 4.39. The number of thiazole rings is 1. The van der Waals surface area contributed by atoms with E-state index in [9.17, 15) is 0 Å². The maximum Gasteiger partial charge on any atom is 0.118 e. The van der Waals surface area contributed by atoms with E-state index in [1.54, 1.807) is 25.6 Å². The van der Waals surface area contributed by atoms with Crippen molar-refractivity contribution >= 4 is 23.1 Å². The van der Waals surface area contributed by atoms with Gasteiger partial charge in [0.05, 0.1) is 29.1 Å². The number of hydrogen-bond donors (Lipinski definition) is 0. The molecule has 5 heteroatoms. The van der Waals surface area contributed by atoms with Gasteiger partial charge in [0.1, 0.15) is 5.75 Å². The molecule has 1 heterocycles. The van der Waals surface area contributed by atoms with Gasteiger partial charge >= 0.3 is 0 Å². The predicted molar refractivity (Wildman–Crippen MR) is 80.2 cm³/mol. The van der Waals surface area contributed by atoms with E-state index in [-0.39, 0.29) is 0 Å². The van der Waals surface area contributed by atoms with Gasteiger partial charge in [-0.25, -0.2) is 4.98 Å². The van der Waals surface area contributed by atoms with Gasteiger partial charge in [0.15, 0.2) is 0 Å². The van der Waals surface area contributed by atoms with Crippen LogP contribution < -0.4 is 4.74 Å². The summed E-state index contributed by atoms with van der Waals surface area (Å²) >= 11 is 3.56. The Morgan fingerprint density at radius 2 is 2.00 bits per heavy atom. The summed E-state index contributed by atoms with van der Waals surface area (Å²) in [6, 6.07) is 8.18. The highest BCUT2D eigenvalue weighted by Crippen LogP contribution is 2.28. The molecule has 3 nitrogen and oxygen atoms in total. The first kappa shape index (κ1) is 14.4. The summed E-state index contributed by atoms with van der Waals surface area (Å²) in [5.74, 6) is 1.85. The standard InChI is InChI=1S/C14H17NO2S2/c1-16-8-7-13-15-9-14(19-13)18-10-11-3-5-12(17-2)6-4-11/h3-6,9H,7-8,10H2,1-2H3. The third kappa shape index (κ3) is 4.53. The molecule has 1 aromatic carbocycles. The van der Waals surface area contributed by atoms with Crippen LogP contribution in [-0.2, 0) is 16.9 Å². The molecule has 0 N–H and O–H groups in total. The molecule has 2 aromatic rings. The van der Waals surface area contributed by atoms with Crippen molar-refractivity contribution in [2.24, 2.45) is 0 Å².